The normalized spacial score (nSPS) is 56.7. The van der Waals surface area contributed by atoms with Crippen LogP contribution in [0.15, 0.2) is 0 Å². The molecule has 2 aliphatic heterocycles. The average Bonchev–Trinajstić information content (AvgIpc) is 2.24. The molecule has 2 aliphatic rings. The van der Waals surface area contributed by atoms with Crippen molar-refractivity contribution in [2.75, 3.05) is 0 Å². The monoisotopic (exact) mass is 226 g/mol. The molecule has 0 spiro atoms. The minimum atomic E-state index is 0.735. The summed E-state index contributed by atoms with van der Waals surface area (Å²) in [6, 6.07) is 0. The van der Waals surface area contributed by atoms with Crippen LogP contribution in [-0.4, -0.2) is 25.5 Å². The van der Waals surface area contributed by atoms with Gasteiger partial charge < -0.3 is 0 Å². The van der Waals surface area contributed by atoms with Crippen molar-refractivity contribution in [2.24, 2.45) is 0 Å². The number of fused-ring (bicyclic) bond motifs is 2. The van der Waals surface area contributed by atoms with E-state index in [1.165, 1.54) is 12.8 Å². The summed E-state index contributed by atoms with van der Waals surface area (Å²) >= 11 is 9.93. The first-order valence-electron chi connectivity index (χ1n) is 3.29. The van der Waals surface area contributed by atoms with E-state index in [1.54, 1.807) is 0 Å². The summed E-state index contributed by atoms with van der Waals surface area (Å²) in [4.78, 5) is 1.93. The molecule has 0 aliphatic carbocycles. The molecule has 2 rings (SSSR count). The SMILES string of the molecule is SC1CC2[Se]C1CC2S. The second kappa shape index (κ2) is 2.37. The van der Waals surface area contributed by atoms with Crippen LogP contribution in [0, 0.1) is 0 Å². The molecule has 52 valence electrons. The third kappa shape index (κ3) is 1.07. The first-order valence-corrected chi connectivity index (χ1v) is 6.30. The zero-order valence-corrected chi connectivity index (χ0v) is 8.53. The summed E-state index contributed by atoms with van der Waals surface area (Å²) in [7, 11) is 0. The maximum atomic E-state index is 4.52. The zero-order valence-electron chi connectivity index (χ0n) is 5.03. The molecule has 0 nitrogen and oxygen atoms in total. The van der Waals surface area contributed by atoms with E-state index in [2.05, 4.69) is 25.3 Å². The first-order chi connectivity index (χ1) is 4.27. The van der Waals surface area contributed by atoms with Crippen molar-refractivity contribution < 1.29 is 0 Å². The molecule has 0 aromatic rings. The van der Waals surface area contributed by atoms with E-state index in [9.17, 15) is 0 Å². The predicted octanol–water partition coefficient (Wildman–Crippen LogP) is 1.67. The van der Waals surface area contributed by atoms with Gasteiger partial charge >= 0.3 is 73.2 Å². The van der Waals surface area contributed by atoms with E-state index in [1.807, 2.05) is 0 Å². The van der Waals surface area contributed by atoms with Crippen molar-refractivity contribution in [3.05, 3.63) is 0 Å². The Labute approximate surface area is 73.1 Å². The van der Waals surface area contributed by atoms with Crippen LogP contribution in [0.2, 0.25) is 9.63 Å². The molecule has 0 radical (unpaired) electrons. The molecule has 0 aromatic carbocycles. The molecule has 0 amide bonds. The molecule has 9 heavy (non-hydrogen) atoms. The van der Waals surface area contributed by atoms with Gasteiger partial charge in [-0.15, -0.1) is 0 Å². The van der Waals surface area contributed by atoms with Crippen molar-refractivity contribution in [3.8, 4) is 0 Å². The molecular weight excluding hydrogens is 215 g/mol. The Kier molecular flexibility index (Phi) is 1.82. The van der Waals surface area contributed by atoms with Crippen LogP contribution in [0.4, 0.5) is 0 Å². The van der Waals surface area contributed by atoms with Gasteiger partial charge in [-0.2, -0.15) is 0 Å². The summed E-state index contributed by atoms with van der Waals surface area (Å²) in [6.07, 6.45) is 2.70. The Morgan fingerprint density at radius 1 is 1.00 bits per heavy atom. The Morgan fingerprint density at radius 2 is 1.44 bits per heavy atom. The van der Waals surface area contributed by atoms with E-state index in [0.29, 0.717) is 0 Å². The molecule has 3 heteroatoms. The predicted molar refractivity (Wildman–Crippen MR) is 48.0 cm³/mol. The molecular formula is C6H10S2Se. The molecule has 4 atom stereocenters. The Balaban J connectivity index is 2.10. The van der Waals surface area contributed by atoms with Gasteiger partial charge in [0, 0.05) is 0 Å². The van der Waals surface area contributed by atoms with E-state index >= 15 is 0 Å². The van der Waals surface area contributed by atoms with Crippen LogP contribution in [-0.2, 0) is 0 Å². The number of rotatable bonds is 0. The van der Waals surface area contributed by atoms with E-state index in [0.717, 1.165) is 35.1 Å². The topological polar surface area (TPSA) is 0 Å². The summed E-state index contributed by atoms with van der Waals surface area (Å²) in [5, 5.41) is 1.47. The molecule has 0 saturated carbocycles. The first kappa shape index (κ1) is 6.90. The third-order valence-corrected chi connectivity index (χ3v) is 7.86. The Hall–Kier alpha value is 1.22. The molecule has 0 N–H and O–H groups in total. The summed E-state index contributed by atoms with van der Waals surface area (Å²) in [5.74, 6) is 0. The van der Waals surface area contributed by atoms with Crippen LogP contribution in [0.3, 0.4) is 0 Å². The van der Waals surface area contributed by atoms with Crippen molar-refractivity contribution in [1.82, 2.24) is 0 Å². The van der Waals surface area contributed by atoms with E-state index < -0.39 is 0 Å². The molecule has 2 heterocycles. The van der Waals surface area contributed by atoms with Gasteiger partial charge in [0.1, 0.15) is 0 Å². The van der Waals surface area contributed by atoms with Crippen molar-refractivity contribution in [1.29, 1.82) is 0 Å². The summed E-state index contributed by atoms with van der Waals surface area (Å²) < 4.78 is 0. The number of hydrogen-bond acceptors (Lipinski definition) is 2. The van der Waals surface area contributed by atoms with E-state index in [-0.39, 0.29) is 0 Å². The Morgan fingerprint density at radius 3 is 1.67 bits per heavy atom. The fraction of sp³-hybridized carbons (Fsp3) is 1.00. The van der Waals surface area contributed by atoms with Gasteiger partial charge in [-0.05, 0) is 0 Å². The second-order valence-electron chi connectivity index (χ2n) is 2.82. The number of thiol groups is 2. The van der Waals surface area contributed by atoms with Gasteiger partial charge in [0.15, 0.2) is 0 Å². The third-order valence-electron chi connectivity index (χ3n) is 2.16. The van der Waals surface area contributed by atoms with Crippen molar-refractivity contribution in [2.45, 2.75) is 33.0 Å². The van der Waals surface area contributed by atoms with Crippen molar-refractivity contribution in [3.63, 3.8) is 0 Å². The van der Waals surface area contributed by atoms with Gasteiger partial charge in [0.25, 0.3) is 0 Å². The zero-order chi connectivity index (χ0) is 6.43. The average molecular weight is 225 g/mol. The fourth-order valence-electron chi connectivity index (χ4n) is 1.61. The van der Waals surface area contributed by atoms with Gasteiger partial charge in [0.05, 0.1) is 0 Å². The quantitative estimate of drug-likeness (QED) is 0.455. The van der Waals surface area contributed by atoms with Crippen LogP contribution >= 0.6 is 25.3 Å². The fourth-order valence-corrected chi connectivity index (χ4v) is 7.19. The molecule has 4 unspecified atom stereocenters. The van der Waals surface area contributed by atoms with Crippen LogP contribution in [0.1, 0.15) is 12.8 Å². The van der Waals surface area contributed by atoms with Crippen LogP contribution in [0.5, 0.6) is 0 Å². The van der Waals surface area contributed by atoms with Crippen molar-refractivity contribution >= 4 is 40.2 Å². The summed E-state index contributed by atoms with van der Waals surface area (Å²) in [5.41, 5.74) is 0. The number of hydrogen-bond donors (Lipinski definition) is 2. The Bertz CT molecular complexity index is 110. The summed E-state index contributed by atoms with van der Waals surface area (Å²) in [6.45, 7) is 0. The maximum absolute atomic E-state index is 4.52. The van der Waals surface area contributed by atoms with Gasteiger partial charge in [-0.3, -0.25) is 0 Å². The standard InChI is InChI=1S/C6H10S2Se/c7-3-1-5-4(8)2-6(3)9-5/h3-8H,1-2H2. The minimum absolute atomic E-state index is 0.735. The van der Waals surface area contributed by atoms with E-state index in [4.69, 9.17) is 0 Å². The molecule has 2 bridgehead atoms. The van der Waals surface area contributed by atoms with Gasteiger partial charge in [-0.25, -0.2) is 0 Å². The molecule has 2 saturated heterocycles. The van der Waals surface area contributed by atoms with Gasteiger partial charge in [0.2, 0.25) is 0 Å². The van der Waals surface area contributed by atoms with Crippen LogP contribution < -0.4 is 0 Å². The molecule has 2 fully saturated rings. The van der Waals surface area contributed by atoms with Crippen LogP contribution in [0.25, 0.3) is 0 Å². The molecule has 0 aromatic heterocycles. The second-order valence-corrected chi connectivity index (χ2v) is 7.26. The van der Waals surface area contributed by atoms with Gasteiger partial charge in [-0.1, -0.05) is 0 Å².